The molecule has 5 heteroatoms. The van der Waals surface area contributed by atoms with Gasteiger partial charge in [0.05, 0.1) is 5.56 Å². The highest BCUT2D eigenvalue weighted by Gasteiger charge is 2.20. The number of hydrogen-bond acceptors (Lipinski definition) is 4. The van der Waals surface area contributed by atoms with Gasteiger partial charge in [-0.3, -0.25) is 4.98 Å². The first-order valence-electron chi connectivity index (χ1n) is 6.09. The summed E-state index contributed by atoms with van der Waals surface area (Å²) in [6.07, 6.45) is 3.46. The summed E-state index contributed by atoms with van der Waals surface area (Å²) in [5, 5.41) is 3.89. The molecular weight excluding hydrogens is 318 g/mol. The average molecular weight is 330 g/mol. The Morgan fingerprint density at radius 2 is 2.05 bits per heavy atom. The highest BCUT2D eigenvalue weighted by molar-refractivity contribution is 9.10. The minimum atomic E-state index is 0.362. The van der Waals surface area contributed by atoms with Crippen molar-refractivity contribution >= 4 is 21.7 Å². The van der Waals surface area contributed by atoms with Gasteiger partial charge >= 0.3 is 0 Å². The van der Waals surface area contributed by atoms with E-state index in [1.54, 1.807) is 12.4 Å². The molecule has 0 saturated carbocycles. The van der Waals surface area contributed by atoms with E-state index in [0.29, 0.717) is 11.6 Å². The van der Waals surface area contributed by atoms with Crippen molar-refractivity contribution in [2.45, 2.75) is 6.92 Å². The monoisotopic (exact) mass is 329 g/mol. The summed E-state index contributed by atoms with van der Waals surface area (Å²) in [6.45, 7) is 2.02. The summed E-state index contributed by atoms with van der Waals surface area (Å²) >= 11 is 3.59. The van der Waals surface area contributed by atoms with Crippen LogP contribution >= 0.6 is 15.9 Å². The topological polar surface area (TPSA) is 64.9 Å². The van der Waals surface area contributed by atoms with Crippen molar-refractivity contribution in [3.63, 3.8) is 0 Å². The predicted octanol–water partition coefficient (Wildman–Crippen LogP) is 4.06. The zero-order chi connectivity index (χ0) is 14.1. The second-order valence-corrected chi connectivity index (χ2v) is 5.24. The van der Waals surface area contributed by atoms with Crippen molar-refractivity contribution in [3.05, 3.63) is 52.8 Å². The molecule has 0 unspecified atom stereocenters. The first kappa shape index (κ1) is 12.9. The summed E-state index contributed by atoms with van der Waals surface area (Å²) in [5.41, 5.74) is 9.65. The number of pyridine rings is 1. The molecule has 3 rings (SSSR count). The third-order valence-electron chi connectivity index (χ3n) is 3.11. The Labute approximate surface area is 124 Å². The van der Waals surface area contributed by atoms with Crippen LogP contribution in [0.3, 0.4) is 0 Å². The van der Waals surface area contributed by atoms with Gasteiger partial charge in [0, 0.05) is 28.0 Å². The van der Waals surface area contributed by atoms with Crippen molar-refractivity contribution in [2.75, 3.05) is 5.73 Å². The molecule has 0 bridgehead atoms. The smallest absolute Gasteiger partial charge is 0.178 e. The number of nitrogen functional groups attached to an aromatic ring is 1. The molecule has 0 saturated heterocycles. The number of nitrogens with two attached hydrogens (primary N) is 1. The Bertz CT molecular complexity index is 753. The molecule has 0 spiro atoms. The largest absolute Gasteiger partial charge is 0.380 e. The molecular formula is C15H12BrN3O. The third-order valence-corrected chi connectivity index (χ3v) is 4.16. The lowest BCUT2D eigenvalue weighted by Crippen LogP contribution is -1.90. The van der Waals surface area contributed by atoms with Crippen LogP contribution in [0.15, 0.2) is 51.7 Å². The summed E-state index contributed by atoms with van der Waals surface area (Å²) in [4.78, 5) is 4.12. The van der Waals surface area contributed by atoms with Crippen LogP contribution in [-0.2, 0) is 0 Å². The van der Waals surface area contributed by atoms with Crippen LogP contribution in [0.2, 0.25) is 0 Å². The van der Waals surface area contributed by atoms with Gasteiger partial charge in [0.15, 0.2) is 11.6 Å². The Balaban J connectivity index is 2.24. The lowest BCUT2D eigenvalue weighted by molar-refractivity contribution is 0.436. The van der Waals surface area contributed by atoms with E-state index >= 15 is 0 Å². The fourth-order valence-electron chi connectivity index (χ4n) is 2.10. The van der Waals surface area contributed by atoms with Crippen LogP contribution in [0.1, 0.15) is 5.56 Å². The number of benzene rings is 1. The molecule has 0 atom stereocenters. The number of anilines is 1. The van der Waals surface area contributed by atoms with E-state index in [2.05, 4.69) is 26.1 Å². The van der Waals surface area contributed by atoms with Crippen molar-refractivity contribution in [1.29, 1.82) is 0 Å². The van der Waals surface area contributed by atoms with Gasteiger partial charge in [-0.05, 0) is 40.5 Å². The SMILES string of the molecule is Cc1cccc(-c2onc(N)c2-c2cccnc2)c1Br. The van der Waals surface area contributed by atoms with Crippen LogP contribution in [-0.4, -0.2) is 10.1 Å². The minimum Gasteiger partial charge on any atom is -0.380 e. The number of hydrogen-bond donors (Lipinski definition) is 1. The van der Waals surface area contributed by atoms with Gasteiger partial charge in [0.25, 0.3) is 0 Å². The van der Waals surface area contributed by atoms with E-state index in [9.17, 15) is 0 Å². The minimum absolute atomic E-state index is 0.362. The van der Waals surface area contributed by atoms with Crippen LogP contribution in [0.25, 0.3) is 22.5 Å². The molecule has 0 aliphatic carbocycles. The molecule has 0 aliphatic rings. The Kier molecular flexibility index (Phi) is 3.28. The lowest BCUT2D eigenvalue weighted by atomic mass is 10.0. The fraction of sp³-hybridized carbons (Fsp3) is 0.0667. The summed E-state index contributed by atoms with van der Waals surface area (Å²) in [7, 11) is 0. The first-order chi connectivity index (χ1) is 9.68. The maximum absolute atomic E-state index is 5.95. The first-order valence-corrected chi connectivity index (χ1v) is 6.89. The van der Waals surface area contributed by atoms with Crippen LogP contribution in [0.4, 0.5) is 5.82 Å². The van der Waals surface area contributed by atoms with Crippen molar-refractivity contribution in [2.24, 2.45) is 0 Å². The molecule has 3 aromatic rings. The van der Waals surface area contributed by atoms with E-state index in [1.165, 1.54) is 0 Å². The van der Waals surface area contributed by atoms with Crippen LogP contribution < -0.4 is 5.73 Å². The quantitative estimate of drug-likeness (QED) is 0.770. The van der Waals surface area contributed by atoms with Gasteiger partial charge in [-0.15, -0.1) is 0 Å². The highest BCUT2D eigenvalue weighted by Crippen LogP contribution is 2.40. The fourth-order valence-corrected chi connectivity index (χ4v) is 2.54. The molecule has 0 radical (unpaired) electrons. The number of aromatic nitrogens is 2. The second kappa shape index (κ2) is 5.09. The molecule has 2 aromatic heterocycles. The Morgan fingerprint density at radius 3 is 2.80 bits per heavy atom. The molecule has 2 N–H and O–H groups in total. The zero-order valence-corrected chi connectivity index (χ0v) is 12.4. The molecule has 1 aromatic carbocycles. The molecule has 100 valence electrons. The molecule has 2 heterocycles. The summed E-state index contributed by atoms with van der Waals surface area (Å²) in [6, 6.07) is 9.76. The Morgan fingerprint density at radius 1 is 1.20 bits per heavy atom. The third kappa shape index (κ3) is 2.10. The van der Waals surface area contributed by atoms with Gasteiger partial charge in [-0.2, -0.15) is 0 Å². The second-order valence-electron chi connectivity index (χ2n) is 4.45. The van der Waals surface area contributed by atoms with Gasteiger partial charge < -0.3 is 10.3 Å². The van der Waals surface area contributed by atoms with Crippen LogP contribution in [0.5, 0.6) is 0 Å². The van der Waals surface area contributed by atoms with E-state index in [-0.39, 0.29) is 0 Å². The van der Waals surface area contributed by atoms with Crippen molar-refractivity contribution < 1.29 is 4.52 Å². The molecule has 0 aliphatic heterocycles. The lowest BCUT2D eigenvalue weighted by Gasteiger charge is -2.06. The number of aryl methyl sites for hydroxylation is 1. The normalized spacial score (nSPS) is 10.7. The predicted molar refractivity (Wildman–Crippen MR) is 82.0 cm³/mol. The average Bonchev–Trinajstić information content (AvgIpc) is 2.84. The van der Waals surface area contributed by atoms with E-state index in [4.69, 9.17) is 10.3 Å². The summed E-state index contributed by atoms with van der Waals surface area (Å²) < 4.78 is 6.41. The van der Waals surface area contributed by atoms with E-state index in [0.717, 1.165) is 26.7 Å². The molecule has 0 fully saturated rings. The number of rotatable bonds is 2. The number of nitrogens with zero attached hydrogens (tertiary/aromatic N) is 2. The number of halogens is 1. The van der Waals surface area contributed by atoms with E-state index in [1.807, 2.05) is 37.3 Å². The standard InChI is InChI=1S/C15H12BrN3O/c1-9-4-2-6-11(13(9)16)14-12(15(17)19-20-14)10-5-3-7-18-8-10/h2-8H,1H3,(H2,17,19). The van der Waals surface area contributed by atoms with Gasteiger partial charge in [-0.25, -0.2) is 0 Å². The molecule has 0 amide bonds. The summed E-state index contributed by atoms with van der Waals surface area (Å²) in [5.74, 6) is 1.01. The van der Waals surface area contributed by atoms with Gasteiger partial charge in [0.1, 0.15) is 0 Å². The van der Waals surface area contributed by atoms with Crippen LogP contribution in [0, 0.1) is 6.92 Å². The van der Waals surface area contributed by atoms with Gasteiger partial charge in [-0.1, -0.05) is 23.4 Å². The maximum Gasteiger partial charge on any atom is 0.178 e. The van der Waals surface area contributed by atoms with E-state index < -0.39 is 0 Å². The maximum atomic E-state index is 5.95. The Hall–Kier alpha value is -2.14. The van der Waals surface area contributed by atoms with Crippen molar-refractivity contribution in [1.82, 2.24) is 10.1 Å². The molecule has 4 nitrogen and oxygen atoms in total. The zero-order valence-electron chi connectivity index (χ0n) is 10.8. The van der Waals surface area contributed by atoms with Crippen molar-refractivity contribution in [3.8, 4) is 22.5 Å². The highest BCUT2D eigenvalue weighted by atomic mass is 79.9. The molecule has 20 heavy (non-hydrogen) atoms. The van der Waals surface area contributed by atoms with Gasteiger partial charge in [0.2, 0.25) is 0 Å².